The maximum atomic E-state index is 12.9. The third-order valence-corrected chi connectivity index (χ3v) is 3.97. The molecule has 0 unspecified atom stereocenters. The van der Waals surface area contributed by atoms with Gasteiger partial charge in [-0.2, -0.15) is 0 Å². The van der Waals surface area contributed by atoms with Crippen LogP contribution in [0, 0.1) is 5.82 Å². The Morgan fingerprint density at radius 2 is 1.92 bits per heavy atom. The quantitative estimate of drug-likeness (QED) is 0.552. The summed E-state index contributed by atoms with van der Waals surface area (Å²) in [6.45, 7) is 0.262. The van der Waals surface area contributed by atoms with E-state index in [0.717, 1.165) is 11.1 Å². The number of nitrogens with zero attached hydrogens (tertiary/aromatic N) is 4. The molecule has 0 saturated carbocycles. The molecule has 0 bridgehead atoms. The van der Waals surface area contributed by atoms with Crippen LogP contribution < -0.4 is 4.74 Å². The monoisotopic (exact) mass is 354 g/mol. The van der Waals surface area contributed by atoms with Crippen molar-refractivity contribution in [2.75, 3.05) is 0 Å². The maximum absolute atomic E-state index is 12.9. The summed E-state index contributed by atoms with van der Waals surface area (Å²) < 4.78 is 20.3. The molecule has 0 aliphatic rings. The van der Waals surface area contributed by atoms with Crippen LogP contribution in [0.1, 0.15) is 5.69 Å². The number of hydrogen-bond donors (Lipinski definition) is 0. The van der Waals surface area contributed by atoms with Gasteiger partial charge in [-0.25, -0.2) is 14.4 Å². The van der Waals surface area contributed by atoms with Crippen molar-refractivity contribution in [2.24, 2.45) is 0 Å². The van der Waals surface area contributed by atoms with Crippen molar-refractivity contribution in [1.82, 2.24) is 19.4 Å². The van der Waals surface area contributed by atoms with Gasteiger partial charge < -0.3 is 4.74 Å². The van der Waals surface area contributed by atoms with E-state index in [4.69, 9.17) is 16.3 Å². The third-order valence-electron chi connectivity index (χ3n) is 3.64. The van der Waals surface area contributed by atoms with Crippen LogP contribution in [0.5, 0.6) is 5.75 Å². The van der Waals surface area contributed by atoms with Gasteiger partial charge in [-0.05, 0) is 30.3 Å². The van der Waals surface area contributed by atoms with Gasteiger partial charge in [0.05, 0.1) is 10.7 Å². The normalized spacial score (nSPS) is 11.0. The van der Waals surface area contributed by atoms with Crippen molar-refractivity contribution < 1.29 is 9.13 Å². The molecule has 0 radical (unpaired) electrons. The average molecular weight is 355 g/mol. The fourth-order valence-corrected chi connectivity index (χ4v) is 2.64. The van der Waals surface area contributed by atoms with Gasteiger partial charge in [-0.1, -0.05) is 11.6 Å². The van der Waals surface area contributed by atoms with Crippen LogP contribution in [0.25, 0.3) is 16.9 Å². The molecule has 0 saturated heterocycles. The number of fused-ring (bicyclic) bond motifs is 1. The van der Waals surface area contributed by atoms with E-state index < -0.39 is 0 Å². The molecular formula is C18H12ClFN4O. The summed E-state index contributed by atoms with van der Waals surface area (Å²) >= 11 is 6.20. The minimum absolute atomic E-state index is 0.262. The van der Waals surface area contributed by atoms with Crippen LogP contribution in [0.2, 0.25) is 5.02 Å². The maximum Gasteiger partial charge on any atom is 0.234 e. The summed E-state index contributed by atoms with van der Waals surface area (Å²) in [5.41, 5.74) is 2.36. The molecule has 0 aliphatic heterocycles. The third kappa shape index (κ3) is 3.29. The second kappa shape index (κ2) is 6.49. The predicted molar refractivity (Wildman–Crippen MR) is 92.0 cm³/mol. The highest BCUT2D eigenvalue weighted by Gasteiger charge is 2.08. The summed E-state index contributed by atoms with van der Waals surface area (Å²) in [6.07, 6.45) is 8.76. The zero-order valence-corrected chi connectivity index (χ0v) is 13.7. The molecule has 0 aliphatic carbocycles. The number of hydrogen-bond acceptors (Lipinski definition) is 4. The Morgan fingerprint density at radius 1 is 1.08 bits per heavy atom. The van der Waals surface area contributed by atoms with Crippen LogP contribution in [0.4, 0.5) is 4.39 Å². The Labute approximate surface area is 147 Å². The number of halogens is 2. The topological polar surface area (TPSA) is 52.3 Å². The second-order valence-electron chi connectivity index (χ2n) is 5.38. The first-order valence-electron chi connectivity index (χ1n) is 7.51. The zero-order valence-electron chi connectivity index (χ0n) is 12.9. The summed E-state index contributed by atoms with van der Waals surface area (Å²) in [5.74, 6) is 0.835. The Morgan fingerprint density at radius 3 is 2.72 bits per heavy atom. The Bertz CT molecular complexity index is 1030. The summed E-state index contributed by atoms with van der Waals surface area (Å²) in [4.78, 5) is 12.8. The summed E-state index contributed by atoms with van der Waals surface area (Å²) in [7, 11) is 0. The van der Waals surface area contributed by atoms with Gasteiger partial charge in [0.1, 0.15) is 18.2 Å². The van der Waals surface area contributed by atoms with E-state index in [1.807, 2.05) is 16.8 Å². The van der Waals surface area contributed by atoms with Crippen LogP contribution in [-0.2, 0) is 6.61 Å². The summed E-state index contributed by atoms with van der Waals surface area (Å²) in [5, 5.41) is 0.608. The molecule has 0 amide bonds. The van der Waals surface area contributed by atoms with E-state index in [0.29, 0.717) is 22.2 Å². The molecule has 25 heavy (non-hydrogen) atoms. The molecule has 5 nitrogen and oxygen atoms in total. The standard InChI is InChI=1S/C18H12ClFN4O/c19-17-5-6-21-8-16(17)12-7-22-18-23-14(10-24(18)9-12)11-25-15-3-1-13(20)2-4-15/h1-10H,11H2. The van der Waals surface area contributed by atoms with Crippen molar-refractivity contribution in [3.05, 3.63) is 77.8 Å². The van der Waals surface area contributed by atoms with Crippen LogP contribution in [0.3, 0.4) is 0 Å². The molecule has 0 N–H and O–H groups in total. The van der Waals surface area contributed by atoms with Gasteiger partial charge in [-0.15, -0.1) is 0 Å². The van der Waals surface area contributed by atoms with Crippen molar-refractivity contribution >= 4 is 17.4 Å². The lowest BCUT2D eigenvalue weighted by atomic mass is 10.1. The van der Waals surface area contributed by atoms with Gasteiger partial charge >= 0.3 is 0 Å². The van der Waals surface area contributed by atoms with Crippen molar-refractivity contribution in [2.45, 2.75) is 6.61 Å². The number of aromatic nitrogens is 4. The van der Waals surface area contributed by atoms with Crippen molar-refractivity contribution in [1.29, 1.82) is 0 Å². The van der Waals surface area contributed by atoms with Gasteiger partial charge in [0.2, 0.25) is 5.78 Å². The minimum Gasteiger partial charge on any atom is -0.487 e. The summed E-state index contributed by atoms with van der Waals surface area (Å²) in [6, 6.07) is 7.59. The Kier molecular flexibility index (Phi) is 4.03. The van der Waals surface area contributed by atoms with Crippen LogP contribution >= 0.6 is 11.6 Å². The number of imidazole rings is 1. The fraction of sp³-hybridized carbons (Fsp3) is 0.0556. The van der Waals surface area contributed by atoms with E-state index in [1.165, 1.54) is 12.1 Å². The molecule has 124 valence electrons. The minimum atomic E-state index is -0.300. The lowest BCUT2D eigenvalue weighted by molar-refractivity contribution is 0.301. The smallest absolute Gasteiger partial charge is 0.234 e. The van der Waals surface area contributed by atoms with Crippen LogP contribution in [-0.4, -0.2) is 19.4 Å². The van der Waals surface area contributed by atoms with E-state index in [2.05, 4.69) is 15.0 Å². The first-order valence-corrected chi connectivity index (χ1v) is 7.89. The zero-order chi connectivity index (χ0) is 17.2. The number of rotatable bonds is 4. The molecule has 3 heterocycles. The number of pyridine rings is 1. The molecule has 0 spiro atoms. The molecule has 0 fully saturated rings. The molecular weight excluding hydrogens is 343 g/mol. The highest BCUT2D eigenvalue weighted by molar-refractivity contribution is 6.33. The fourth-order valence-electron chi connectivity index (χ4n) is 2.42. The van der Waals surface area contributed by atoms with Crippen molar-refractivity contribution in [3.63, 3.8) is 0 Å². The van der Waals surface area contributed by atoms with Crippen molar-refractivity contribution in [3.8, 4) is 16.9 Å². The SMILES string of the molecule is Fc1ccc(OCc2cn3cc(-c4cnccc4Cl)cnc3n2)cc1. The molecule has 4 rings (SSSR count). The van der Waals surface area contributed by atoms with Gasteiger partial charge in [0, 0.05) is 42.1 Å². The Balaban J connectivity index is 1.58. The van der Waals surface area contributed by atoms with Gasteiger partial charge in [0.15, 0.2) is 0 Å². The van der Waals surface area contributed by atoms with Gasteiger partial charge in [-0.3, -0.25) is 9.38 Å². The Hall–Kier alpha value is -2.99. The molecule has 3 aromatic heterocycles. The highest BCUT2D eigenvalue weighted by Crippen LogP contribution is 2.26. The lowest BCUT2D eigenvalue weighted by Gasteiger charge is -2.03. The van der Waals surface area contributed by atoms with Crippen LogP contribution in [0.15, 0.2) is 61.3 Å². The van der Waals surface area contributed by atoms with E-state index >= 15 is 0 Å². The second-order valence-corrected chi connectivity index (χ2v) is 5.79. The number of ether oxygens (including phenoxy) is 1. The first-order chi connectivity index (χ1) is 12.2. The lowest BCUT2D eigenvalue weighted by Crippen LogP contribution is -1.95. The largest absolute Gasteiger partial charge is 0.487 e. The van der Waals surface area contributed by atoms with E-state index in [9.17, 15) is 4.39 Å². The molecule has 7 heteroatoms. The molecule has 0 atom stereocenters. The average Bonchev–Trinajstić information content (AvgIpc) is 3.04. The van der Waals surface area contributed by atoms with E-state index in [1.54, 1.807) is 36.8 Å². The van der Waals surface area contributed by atoms with E-state index in [-0.39, 0.29) is 12.4 Å². The molecule has 4 aromatic rings. The molecule has 1 aromatic carbocycles. The predicted octanol–water partition coefficient (Wildman–Crippen LogP) is 4.16. The number of benzene rings is 1. The van der Waals surface area contributed by atoms with Gasteiger partial charge in [0.25, 0.3) is 0 Å². The highest BCUT2D eigenvalue weighted by atomic mass is 35.5. The first kappa shape index (κ1) is 15.5.